The van der Waals surface area contributed by atoms with E-state index in [4.69, 9.17) is 5.73 Å². The Morgan fingerprint density at radius 1 is 1.50 bits per heavy atom. The van der Waals surface area contributed by atoms with E-state index in [9.17, 15) is 0 Å². The van der Waals surface area contributed by atoms with Gasteiger partial charge in [0.2, 0.25) is 5.95 Å². The maximum atomic E-state index is 5.78. The minimum Gasteiger partial charge on any atom is -0.368 e. The first-order valence-electron chi connectivity index (χ1n) is 5.72. The fraction of sp³-hybridized carbons (Fsp3) is 0.800. The summed E-state index contributed by atoms with van der Waals surface area (Å²) in [5, 5.41) is 12.3. The van der Waals surface area contributed by atoms with Crippen molar-refractivity contribution in [3.63, 3.8) is 0 Å². The van der Waals surface area contributed by atoms with Gasteiger partial charge in [-0.05, 0) is 39.3 Å². The molecule has 1 aliphatic rings. The molecule has 0 atom stereocenters. The average Bonchev–Trinajstić information content (AvgIpc) is 2.51. The van der Waals surface area contributed by atoms with Gasteiger partial charge < -0.3 is 11.1 Å². The summed E-state index contributed by atoms with van der Waals surface area (Å²) in [6.07, 6.45) is 1.24. The van der Waals surface area contributed by atoms with Crippen molar-refractivity contribution in [1.82, 2.24) is 20.1 Å². The number of thioether (sulfide) groups is 1. The number of hydrogen-bond donors (Lipinski definition) is 2. The van der Waals surface area contributed by atoms with E-state index in [1.807, 2.05) is 4.57 Å². The molecule has 16 heavy (non-hydrogen) atoms. The monoisotopic (exact) mass is 241 g/mol. The molecule has 0 radical (unpaired) electrons. The van der Waals surface area contributed by atoms with Gasteiger partial charge in [-0.15, -0.1) is 10.2 Å². The van der Waals surface area contributed by atoms with Gasteiger partial charge in [0.25, 0.3) is 0 Å². The van der Waals surface area contributed by atoms with Crippen LogP contribution in [-0.4, -0.2) is 33.6 Å². The van der Waals surface area contributed by atoms with Crippen molar-refractivity contribution in [2.45, 2.75) is 31.5 Å². The molecule has 0 aromatic carbocycles. The number of nitrogens with one attached hydrogen (secondary N) is 1. The van der Waals surface area contributed by atoms with Crippen LogP contribution in [-0.2, 0) is 0 Å². The number of nitrogens with zero attached hydrogens (tertiary/aromatic N) is 3. The Morgan fingerprint density at radius 2 is 2.25 bits per heavy atom. The fourth-order valence-corrected chi connectivity index (χ4v) is 2.92. The molecule has 0 unspecified atom stereocenters. The summed E-state index contributed by atoms with van der Waals surface area (Å²) < 4.78 is 1.99. The quantitative estimate of drug-likeness (QED) is 0.757. The predicted molar refractivity (Wildman–Crippen MR) is 66.5 cm³/mol. The number of nitrogen functional groups attached to an aromatic ring is 1. The molecule has 6 heteroatoms. The Hall–Kier alpha value is -0.750. The Bertz CT molecular complexity index is 345. The lowest BCUT2D eigenvalue weighted by Gasteiger charge is -2.26. The summed E-state index contributed by atoms with van der Waals surface area (Å²) in [5.41, 5.74) is 5.78. The topological polar surface area (TPSA) is 68.8 Å². The Balaban J connectivity index is 1.87. The van der Waals surface area contributed by atoms with Crippen molar-refractivity contribution in [3.05, 3.63) is 0 Å². The lowest BCUT2D eigenvalue weighted by molar-refractivity contribution is 0.341. The molecule has 2 heterocycles. The molecule has 3 N–H and O–H groups in total. The molecular formula is C10H19N5S. The molecule has 1 saturated heterocycles. The Kier molecular flexibility index (Phi) is 3.70. The van der Waals surface area contributed by atoms with Gasteiger partial charge in [-0.2, -0.15) is 0 Å². The summed E-state index contributed by atoms with van der Waals surface area (Å²) in [5.74, 6) is 2.46. The number of nitrogens with two attached hydrogens (primary N) is 1. The summed E-state index contributed by atoms with van der Waals surface area (Å²) >= 11 is 1.76. The lowest BCUT2D eigenvalue weighted by Crippen LogP contribution is -2.42. The Labute approximate surface area is 100 Å². The fourth-order valence-electron chi connectivity index (χ4n) is 1.74. The minimum atomic E-state index is 0.322. The SMILES string of the molecule is CC(C)n1c(N)nnc1SCCC1CNC1. The van der Waals surface area contributed by atoms with Crippen molar-refractivity contribution >= 4 is 17.7 Å². The molecule has 0 bridgehead atoms. The third-order valence-electron chi connectivity index (χ3n) is 2.83. The highest BCUT2D eigenvalue weighted by molar-refractivity contribution is 7.99. The second kappa shape index (κ2) is 5.05. The van der Waals surface area contributed by atoms with Gasteiger partial charge in [-0.1, -0.05) is 11.8 Å². The van der Waals surface area contributed by atoms with Crippen LogP contribution in [0.25, 0.3) is 0 Å². The molecular weight excluding hydrogens is 222 g/mol. The smallest absolute Gasteiger partial charge is 0.222 e. The van der Waals surface area contributed by atoms with Crippen LogP contribution in [0.2, 0.25) is 0 Å². The minimum absolute atomic E-state index is 0.322. The van der Waals surface area contributed by atoms with Gasteiger partial charge in [0.1, 0.15) is 0 Å². The zero-order valence-corrected chi connectivity index (χ0v) is 10.6. The highest BCUT2D eigenvalue weighted by Crippen LogP contribution is 2.24. The first kappa shape index (κ1) is 11.7. The van der Waals surface area contributed by atoms with E-state index in [1.165, 1.54) is 19.5 Å². The third-order valence-corrected chi connectivity index (χ3v) is 3.81. The Morgan fingerprint density at radius 3 is 2.81 bits per heavy atom. The molecule has 0 spiro atoms. The summed E-state index contributed by atoms with van der Waals surface area (Å²) in [7, 11) is 0. The van der Waals surface area contributed by atoms with Gasteiger partial charge in [-0.3, -0.25) is 4.57 Å². The summed E-state index contributed by atoms with van der Waals surface area (Å²) in [6, 6.07) is 0.322. The van der Waals surface area contributed by atoms with Gasteiger partial charge in [0.15, 0.2) is 5.16 Å². The lowest BCUT2D eigenvalue weighted by atomic mass is 10.0. The molecule has 1 aliphatic heterocycles. The molecule has 0 saturated carbocycles. The van der Waals surface area contributed by atoms with Gasteiger partial charge in [0.05, 0.1) is 0 Å². The van der Waals surface area contributed by atoms with Crippen molar-refractivity contribution in [2.24, 2.45) is 5.92 Å². The van der Waals surface area contributed by atoms with Crippen LogP contribution in [0.3, 0.4) is 0 Å². The van der Waals surface area contributed by atoms with E-state index in [-0.39, 0.29) is 0 Å². The van der Waals surface area contributed by atoms with Crippen LogP contribution in [0.4, 0.5) is 5.95 Å². The van der Waals surface area contributed by atoms with Gasteiger partial charge >= 0.3 is 0 Å². The summed E-state index contributed by atoms with van der Waals surface area (Å²) in [6.45, 7) is 6.53. The largest absolute Gasteiger partial charge is 0.368 e. The van der Waals surface area contributed by atoms with Gasteiger partial charge in [0, 0.05) is 11.8 Å². The highest BCUT2D eigenvalue weighted by Gasteiger charge is 2.17. The van der Waals surface area contributed by atoms with E-state index < -0.39 is 0 Å². The number of hydrogen-bond acceptors (Lipinski definition) is 5. The molecule has 1 aromatic heterocycles. The maximum absolute atomic E-state index is 5.78. The van der Waals surface area contributed by atoms with Crippen molar-refractivity contribution in [2.75, 3.05) is 24.6 Å². The van der Waals surface area contributed by atoms with Crippen LogP contribution in [0, 0.1) is 5.92 Å². The van der Waals surface area contributed by atoms with E-state index in [0.29, 0.717) is 12.0 Å². The average molecular weight is 241 g/mol. The van der Waals surface area contributed by atoms with Crippen LogP contribution in [0.1, 0.15) is 26.3 Å². The summed E-state index contributed by atoms with van der Waals surface area (Å²) in [4.78, 5) is 0. The molecule has 0 amide bonds. The predicted octanol–water partition coefficient (Wildman–Crippen LogP) is 1.14. The standard InChI is InChI=1S/C10H19N5S/c1-7(2)15-9(11)13-14-10(15)16-4-3-8-5-12-6-8/h7-8,12H,3-6H2,1-2H3,(H2,11,13). The van der Waals surface area contributed by atoms with Crippen LogP contribution < -0.4 is 11.1 Å². The van der Waals surface area contributed by atoms with Gasteiger partial charge in [-0.25, -0.2) is 0 Å². The zero-order valence-electron chi connectivity index (χ0n) is 9.81. The van der Waals surface area contributed by atoms with E-state index in [2.05, 4.69) is 29.4 Å². The molecule has 90 valence electrons. The third kappa shape index (κ3) is 2.49. The normalized spacial score (nSPS) is 16.7. The highest BCUT2D eigenvalue weighted by atomic mass is 32.2. The molecule has 0 aliphatic carbocycles. The first-order valence-corrected chi connectivity index (χ1v) is 6.71. The molecule has 1 aromatic rings. The number of rotatable bonds is 5. The van der Waals surface area contributed by atoms with Crippen molar-refractivity contribution in [1.29, 1.82) is 0 Å². The van der Waals surface area contributed by atoms with E-state index in [0.717, 1.165) is 16.8 Å². The molecule has 1 fully saturated rings. The van der Waals surface area contributed by atoms with Crippen LogP contribution >= 0.6 is 11.8 Å². The van der Waals surface area contributed by atoms with E-state index in [1.54, 1.807) is 11.8 Å². The van der Waals surface area contributed by atoms with Crippen molar-refractivity contribution in [3.8, 4) is 0 Å². The zero-order chi connectivity index (χ0) is 11.5. The first-order chi connectivity index (χ1) is 7.68. The van der Waals surface area contributed by atoms with E-state index >= 15 is 0 Å². The molecule has 5 nitrogen and oxygen atoms in total. The maximum Gasteiger partial charge on any atom is 0.222 e. The second-order valence-corrected chi connectivity index (χ2v) is 5.53. The van der Waals surface area contributed by atoms with Crippen LogP contribution in [0.5, 0.6) is 0 Å². The molecule has 2 rings (SSSR count). The van der Waals surface area contributed by atoms with Crippen LogP contribution in [0.15, 0.2) is 5.16 Å². The number of anilines is 1. The number of aromatic nitrogens is 3. The van der Waals surface area contributed by atoms with Crippen molar-refractivity contribution < 1.29 is 0 Å². The second-order valence-electron chi connectivity index (χ2n) is 4.47.